The molecule has 0 bridgehead atoms. The van der Waals surface area contributed by atoms with Crippen LogP contribution in [-0.2, 0) is 24.2 Å². The van der Waals surface area contributed by atoms with Crippen molar-refractivity contribution in [3.05, 3.63) is 0 Å². The highest BCUT2D eigenvalue weighted by atomic mass is 32.2. The molecular formula is C10H21N3O5S. The molecule has 0 aliphatic carbocycles. The van der Waals surface area contributed by atoms with Crippen molar-refractivity contribution >= 4 is 21.7 Å². The maximum atomic E-state index is 11.5. The number of hydrogen-bond acceptors (Lipinski definition) is 6. The van der Waals surface area contributed by atoms with Crippen LogP contribution in [0, 0.1) is 0 Å². The van der Waals surface area contributed by atoms with Gasteiger partial charge in [0.25, 0.3) is 0 Å². The van der Waals surface area contributed by atoms with E-state index in [1.54, 1.807) is 0 Å². The third-order valence-electron chi connectivity index (χ3n) is 2.19. The molecule has 1 atom stereocenters. The number of methoxy groups -OCH3 is 1. The average molecular weight is 295 g/mol. The minimum Gasteiger partial charge on any atom is -0.383 e. The maximum absolute atomic E-state index is 11.5. The van der Waals surface area contributed by atoms with E-state index >= 15 is 0 Å². The van der Waals surface area contributed by atoms with Gasteiger partial charge in [-0.25, -0.2) is 8.42 Å². The van der Waals surface area contributed by atoms with Crippen molar-refractivity contribution in [3.63, 3.8) is 0 Å². The predicted molar refractivity (Wildman–Crippen MR) is 70.2 cm³/mol. The Balaban J connectivity index is 3.87. The number of ether oxygens (including phenoxy) is 1. The lowest BCUT2D eigenvalue weighted by Gasteiger charge is -2.11. The van der Waals surface area contributed by atoms with Crippen molar-refractivity contribution in [3.8, 4) is 0 Å². The first-order valence-electron chi connectivity index (χ1n) is 5.73. The SMILES string of the molecule is COCCNC(=O)CNC(=O)C(N)CCS(C)(=O)=O. The maximum Gasteiger partial charge on any atom is 0.239 e. The Hall–Kier alpha value is -1.19. The third kappa shape index (κ3) is 10.4. The van der Waals surface area contributed by atoms with E-state index in [2.05, 4.69) is 10.6 Å². The van der Waals surface area contributed by atoms with Gasteiger partial charge in [0, 0.05) is 19.9 Å². The summed E-state index contributed by atoms with van der Waals surface area (Å²) in [6.45, 7) is 0.536. The topological polar surface area (TPSA) is 128 Å². The van der Waals surface area contributed by atoms with Crippen molar-refractivity contribution < 1.29 is 22.7 Å². The molecule has 8 nitrogen and oxygen atoms in total. The van der Waals surface area contributed by atoms with Crippen LogP contribution in [0.25, 0.3) is 0 Å². The van der Waals surface area contributed by atoms with Crippen molar-refractivity contribution in [2.45, 2.75) is 12.5 Å². The molecule has 0 heterocycles. The standard InChI is InChI=1S/C10H21N3O5S/c1-18-5-4-12-9(14)7-13-10(15)8(11)3-6-19(2,16)17/h8H,3-7,11H2,1-2H3,(H,12,14)(H,13,15). The van der Waals surface area contributed by atoms with Crippen LogP contribution in [0.5, 0.6) is 0 Å². The van der Waals surface area contributed by atoms with E-state index in [1.165, 1.54) is 7.11 Å². The van der Waals surface area contributed by atoms with Crippen molar-refractivity contribution in [2.75, 3.05) is 38.8 Å². The molecule has 0 fully saturated rings. The molecule has 1 unspecified atom stereocenters. The van der Waals surface area contributed by atoms with E-state index in [4.69, 9.17) is 10.5 Å². The summed E-state index contributed by atoms with van der Waals surface area (Å²) in [5.74, 6) is -1.08. The van der Waals surface area contributed by atoms with E-state index in [0.717, 1.165) is 6.26 Å². The van der Waals surface area contributed by atoms with Crippen LogP contribution in [-0.4, -0.2) is 65.1 Å². The van der Waals surface area contributed by atoms with Gasteiger partial charge in [-0.05, 0) is 6.42 Å². The number of hydrogen-bond donors (Lipinski definition) is 3. The molecule has 0 radical (unpaired) electrons. The van der Waals surface area contributed by atoms with E-state index in [0.29, 0.717) is 13.2 Å². The lowest BCUT2D eigenvalue weighted by molar-refractivity contribution is -0.126. The number of nitrogens with two attached hydrogens (primary N) is 1. The zero-order chi connectivity index (χ0) is 14.9. The second kappa shape index (κ2) is 8.83. The van der Waals surface area contributed by atoms with Gasteiger partial charge in [0.05, 0.1) is 24.9 Å². The van der Waals surface area contributed by atoms with Gasteiger partial charge in [-0.3, -0.25) is 9.59 Å². The number of amides is 2. The van der Waals surface area contributed by atoms with Crippen LogP contribution in [0.1, 0.15) is 6.42 Å². The molecule has 2 amide bonds. The Kier molecular flexibility index (Phi) is 8.28. The van der Waals surface area contributed by atoms with Gasteiger partial charge in [0.2, 0.25) is 11.8 Å². The first-order valence-corrected chi connectivity index (χ1v) is 7.79. The largest absolute Gasteiger partial charge is 0.383 e. The molecular weight excluding hydrogens is 274 g/mol. The summed E-state index contributed by atoms with van der Waals surface area (Å²) in [7, 11) is -1.64. The number of carbonyl (C=O) groups excluding carboxylic acids is 2. The smallest absolute Gasteiger partial charge is 0.239 e. The molecule has 9 heteroatoms. The quantitative estimate of drug-likeness (QED) is 0.408. The van der Waals surface area contributed by atoms with Gasteiger partial charge < -0.3 is 21.1 Å². The monoisotopic (exact) mass is 295 g/mol. The lowest BCUT2D eigenvalue weighted by atomic mass is 10.2. The highest BCUT2D eigenvalue weighted by Gasteiger charge is 2.16. The van der Waals surface area contributed by atoms with E-state index in [9.17, 15) is 18.0 Å². The molecule has 112 valence electrons. The van der Waals surface area contributed by atoms with Crippen molar-refractivity contribution in [2.24, 2.45) is 5.73 Å². The van der Waals surface area contributed by atoms with Crippen LogP contribution in [0.4, 0.5) is 0 Å². The minimum absolute atomic E-state index is 0.0238. The predicted octanol–water partition coefficient (Wildman–Crippen LogP) is -2.37. The third-order valence-corrected chi connectivity index (χ3v) is 3.17. The van der Waals surface area contributed by atoms with Crippen molar-refractivity contribution in [1.29, 1.82) is 0 Å². The second-order valence-electron chi connectivity index (χ2n) is 4.09. The zero-order valence-corrected chi connectivity index (χ0v) is 12.0. The van der Waals surface area contributed by atoms with Crippen LogP contribution in [0.2, 0.25) is 0 Å². The molecule has 0 aromatic heterocycles. The summed E-state index contributed by atoms with van der Waals surface area (Å²) in [4.78, 5) is 22.7. The average Bonchev–Trinajstić information content (AvgIpc) is 2.32. The second-order valence-corrected chi connectivity index (χ2v) is 6.35. The Bertz CT molecular complexity index is 396. The lowest BCUT2D eigenvalue weighted by Crippen LogP contribution is -2.45. The summed E-state index contributed by atoms with van der Waals surface area (Å²) in [5, 5.41) is 4.85. The molecule has 4 N–H and O–H groups in total. The molecule has 0 saturated carbocycles. The fourth-order valence-electron chi connectivity index (χ4n) is 1.13. The van der Waals surface area contributed by atoms with Crippen molar-refractivity contribution in [1.82, 2.24) is 10.6 Å². The van der Waals surface area contributed by atoms with Gasteiger partial charge in [-0.15, -0.1) is 0 Å². The number of rotatable bonds is 9. The van der Waals surface area contributed by atoms with Gasteiger partial charge >= 0.3 is 0 Å². The van der Waals surface area contributed by atoms with Crippen LogP contribution < -0.4 is 16.4 Å². The van der Waals surface area contributed by atoms with E-state index in [-0.39, 0.29) is 24.6 Å². The molecule has 0 aliphatic heterocycles. The normalized spacial score (nSPS) is 12.8. The van der Waals surface area contributed by atoms with Crippen LogP contribution in [0.15, 0.2) is 0 Å². The van der Waals surface area contributed by atoms with E-state index < -0.39 is 21.8 Å². The summed E-state index contributed by atoms with van der Waals surface area (Å²) < 4.78 is 26.6. The summed E-state index contributed by atoms with van der Waals surface area (Å²) in [6.07, 6.45) is 1.09. The summed E-state index contributed by atoms with van der Waals surface area (Å²) >= 11 is 0. The fraction of sp³-hybridized carbons (Fsp3) is 0.800. The van der Waals surface area contributed by atoms with Gasteiger partial charge in [0.15, 0.2) is 0 Å². The first-order chi connectivity index (χ1) is 8.76. The molecule has 0 aromatic carbocycles. The highest BCUT2D eigenvalue weighted by Crippen LogP contribution is 1.93. The minimum atomic E-state index is -3.15. The zero-order valence-electron chi connectivity index (χ0n) is 11.1. The number of nitrogens with one attached hydrogen (secondary N) is 2. The van der Waals surface area contributed by atoms with Gasteiger partial charge in [-0.2, -0.15) is 0 Å². The van der Waals surface area contributed by atoms with Crippen LogP contribution in [0.3, 0.4) is 0 Å². The van der Waals surface area contributed by atoms with Gasteiger partial charge in [0.1, 0.15) is 9.84 Å². The molecule has 0 spiro atoms. The Labute approximate surface area is 113 Å². The molecule has 0 rings (SSSR count). The van der Waals surface area contributed by atoms with Crippen LogP contribution >= 0.6 is 0 Å². The summed E-state index contributed by atoms with van der Waals surface area (Å²) in [6, 6.07) is -0.943. The fourth-order valence-corrected chi connectivity index (χ4v) is 1.81. The molecule has 0 aliphatic rings. The Morgan fingerprint density at radius 3 is 2.47 bits per heavy atom. The molecule has 0 saturated heterocycles. The molecule has 0 aromatic rings. The van der Waals surface area contributed by atoms with E-state index in [1.807, 2.05) is 0 Å². The number of carbonyl (C=O) groups is 2. The molecule has 19 heavy (non-hydrogen) atoms. The number of sulfone groups is 1. The Morgan fingerprint density at radius 1 is 1.32 bits per heavy atom. The Morgan fingerprint density at radius 2 is 1.95 bits per heavy atom. The van der Waals surface area contributed by atoms with Gasteiger partial charge in [-0.1, -0.05) is 0 Å². The summed E-state index contributed by atoms with van der Waals surface area (Å²) in [5.41, 5.74) is 5.50. The first kappa shape index (κ1) is 17.8. The highest BCUT2D eigenvalue weighted by molar-refractivity contribution is 7.90.